The standard InChI is InChI=1S/C51H90N14O8/c1-28(2)23-38(59-33(11)66)46(69)62-40(25-30(5)6)48(71)64-41(26-31(7)8)49(72)63-39(24-29(3)4)47(70)60-37(16-14-22-57-51(55)56)45(68)65-42(32(9)10)50(73)61-36(15-12-13-21-52)44(67)58-27-34-17-19-35(20-18-34)43(53)54/h17-20,28-32,36-42H,12-16,21-27,52H2,1-11H3,(H3,53,54)(H,58,67)(H,59,66)(H,60,70)(H,61,73)(H,62,69)(H,63,72)(H,64,71)(H,65,68)(H4,55,56,57). The van der Waals surface area contributed by atoms with E-state index in [2.05, 4.69) is 47.5 Å². The Morgan fingerprint density at radius 2 is 0.890 bits per heavy atom. The van der Waals surface area contributed by atoms with Crippen LogP contribution in [-0.2, 0) is 44.9 Å². The van der Waals surface area contributed by atoms with E-state index >= 15 is 0 Å². The van der Waals surface area contributed by atoms with Gasteiger partial charge in [-0.2, -0.15) is 0 Å². The van der Waals surface area contributed by atoms with Crippen LogP contribution in [0.5, 0.6) is 0 Å². The zero-order valence-corrected chi connectivity index (χ0v) is 45.2. The molecular weight excluding hydrogens is 937 g/mol. The van der Waals surface area contributed by atoms with Crippen LogP contribution in [0.2, 0.25) is 0 Å². The third-order valence-electron chi connectivity index (χ3n) is 11.6. The van der Waals surface area contributed by atoms with Crippen LogP contribution in [0, 0.1) is 35.0 Å². The summed E-state index contributed by atoms with van der Waals surface area (Å²) in [7, 11) is 0. The topological polar surface area (TPSA) is 373 Å². The number of nitrogen functional groups attached to an aromatic ring is 1. The number of hydrogen-bond donors (Lipinski definition) is 13. The Balaban J connectivity index is 3.46. The summed E-state index contributed by atoms with van der Waals surface area (Å²) >= 11 is 0. The maximum atomic E-state index is 14.3. The van der Waals surface area contributed by atoms with Crippen molar-refractivity contribution >= 4 is 59.1 Å². The average molecular weight is 1030 g/mol. The van der Waals surface area contributed by atoms with Gasteiger partial charge in [0.1, 0.15) is 48.1 Å². The number of aliphatic imine (C=N–C) groups is 1. The van der Waals surface area contributed by atoms with Crippen molar-refractivity contribution in [3.8, 4) is 0 Å². The summed E-state index contributed by atoms with van der Waals surface area (Å²) in [5.74, 6) is -5.65. The Kier molecular flexibility index (Phi) is 29.6. The van der Waals surface area contributed by atoms with Crippen LogP contribution in [0.15, 0.2) is 29.3 Å². The molecule has 73 heavy (non-hydrogen) atoms. The molecule has 1 rings (SSSR count). The Labute approximate surface area is 432 Å². The Morgan fingerprint density at radius 3 is 1.27 bits per heavy atom. The van der Waals surface area contributed by atoms with E-state index in [0.717, 1.165) is 5.56 Å². The van der Waals surface area contributed by atoms with Crippen LogP contribution in [0.25, 0.3) is 0 Å². The Hall–Kier alpha value is -6.32. The first-order valence-electron chi connectivity index (χ1n) is 25.7. The van der Waals surface area contributed by atoms with Crippen molar-refractivity contribution in [3.05, 3.63) is 35.4 Å². The quantitative estimate of drug-likeness (QED) is 0.0262. The summed E-state index contributed by atoms with van der Waals surface area (Å²) in [5.41, 5.74) is 23.7. The van der Waals surface area contributed by atoms with E-state index in [4.69, 9.17) is 28.3 Å². The molecule has 0 saturated heterocycles. The molecule has 0 aliphatic carbocycles. The van der Waals surface area contributed by atoms with Crippen LogP contribution < -0.4 is 65.5 Å². The molecular formula is C51H90N14O8. The molecule has 22 heteroatoms. The molecule has 0 bridgehead atoms. The number of benzene rings is 1. The zero-order chi connectivity index (χ0) is 55.5. The van der Waals surface area contributed by atoms with Gasteiger partial charge in [-0.15, -0.1) is 0 Å². The molecule has 0 saturated carbocycles. The lowest BCUT2D eigenvalue weighted by Gasteiger charge is -2.30. The van der Waals surface area contributed by atoms with Gasteiger partial charge < -0.3 is 65.5 Å². The third kappa shape index (κ3) is 26.3. The van der Waals surface area contributed by atoms with Crippen molar-refractivity contribution in [2.24, 2.45) is 57.5 Å². The fraction of sp³-hybridized carbons (Fsp3) is 0.686. The highest BCUT2D eigenvalue weighted by Gasteiger charge is 2.35. The van der Waals surface area contributed by atoms with Gasteiger partial charge >= 0.3 is 0 Å². The highest BCUT2D eigenvalue weighted by Crippen LogP contribution is 2.15. The lowest BCUT2D eigenvalue weighted by Crippen LogP contribution is -2.61. The van der Waals surface area contributed by atoms with Crippen LogP contribution in [0.4, 0.5) is 0 Å². The number of carbonyl (C=O) groups is 8. The minimum absolute atomic E-state index is 0.0234. The van der Waals surface area contributed by atoms with Crippen molar-refractivity contribution in [1.82, 2.24) is 42.5 Å². The number of carbonyl (C=O) groups excluding carboxylic acids is 8. The molecule has 1 aromatic carbocycles. The number of nitrogens with two attached hydrogens (primary N) is 4. The minimum Gasteiger partial charge on any atom is -0.384 e. The summed E-state index contributed by atoms with van der Waals surface area (Å²) < 4.78 is 0. The van der Waals surface area contributed by atoms with E-state index < -0.39 is 95.5 Å². The normalized spacial score (nSPS) is 14.2. The van der Waals surface area contributed by atoms with E-state index in [9.17, 15) is 38.4 Å². The van der Waals surface area contributed by atoms with Gasteiger partial charge in [0.05, 0.1) is 0 Å². The highest BCUT2D eigenvalue weighted by atomic mass is 16.2. The molecule has 0 aliphatic rings. The fourth-order valence-electron chi connectivity index (χ4n) is 7.85. The molecule has 7 unspecified atom stereocenters. The second-order valence-corrected chi connectivity index (χ2v) is 20.9. The van der Waals surface area contributed by atoms with E-state index in [1.165, 1.54) is 6.92 Å². The molecule has 0 spiro atoms. The van der Waals surface area contributed by atoms with E-state index in [-0.39, 0.29) is 87.1 Å². The van der Waals surface area contributed by atoms with Crippen LogP contribution in [0.1, 0.15) is 145 Å². The van der Waals surface area contributed by atoms with Gasteiger partial charge in [0, 0.05) is 25.6 Å². The van der Waals surface area contributed by atoms with Crippen molar-refractivity contribution in [3.63, 3.8) is 0 Å². The lowest BCUT2D eigenvalue weighted by atomic mass is 9.97. The smallest absolute Gasteiger partial charge is 0.243 e. The highest BCUT2D eigenvalue weighted by molar-refractivity contribution is 5.98. The van der Waals surface area contributed by atoms with Crippen LogP contribution in [-0.4, -0.2) is 114 Å². The van der Waals surface area contributed by atoms with Crippen molar-refractivity contribution < 1.29 is 38.4 Å². The van der Waals surface area contributed by atoms with Crippen molar-refractivity contribution in [2.75, 3.05) is 13.1 Å². The molecule has 17 N–H and O–H groups in total. The number of guanidine groups is 1. The van der Waals surface area contributed by atoms with Gasteiger partial charge in [0.2, 0.25) is 47.3 Å². The molecule has 0 aromatic heterocycles. The van der Waals surface area contributed by atoms with Gasteiger partial charge in [-0.25, -0.2) is 0 Å². The number of nitrogens with zero attached hydrogens (tertiary/aromatic N) is 1. The van der Waals surface area contributed by atoms with Gasteiger partial charge in [0.15, 0.2) is 5.96 Å². The summed E-state index contributed by atoms with van der Waals surface area (Å²) in [4.78, 5) is 114. The Morgan fingerprint density at radius 1 is 0.507 bits per heavy atom. The average Bonchev–Trinajstić information content (AvgIpc) is 3.28. The molecule has 1 aromatic rings. The van der Waals surface area contributed by atoms with E-state index in [1.807, 2.05) is 55.4 Å². The maximum Gasteiger partial charge on any atom is 0.243 e. The first-order chi connectivity index (χ1) is 34.1. The van der Waals surface area contributed by atoms with Crippen LogP contribution >= 0.6 is 0 Å². The molecule has 8 amide bonds. The van der Waals surface area contributed by atoms with Gasteiger partial charge in [-0.05, 0) is 99.5 Å². The fourth-order valence-corrected chi connectivity index (χ4v) is 7.85. The summed E-state index contributed by atoms with van der Waals surface area (Å²) in [5, 5.41) is 29.9. The van der Waals surface area contributed by atoms with Gasteiger partial charge in [0.25, 0.3) is 0 Å². The minimum atomic E-state index is -1.25. The second-order valence-electron chi connectivity index (χ2n) is 20.9. The number of hydrogen-bond acceptors (Lipinski definition) is 11. The SMILES string of the molecule is CC(=O)NC(CC(C)C)C(=O)NC(CC(C)C)C(=O)NC(CC(C)C)C(=O)NC(CC(C)C)C(=O)NC(CCCN=C(N)N)C(=O)NC(C(=O)NC(CCCCN)C(=O)NCc1ccc(C(=N)N)cc1)C(C)C. The number of nitrogens with one attached hydrogen (secondary N) is 9. The summed E-state index contributed by atoms with van der Waals surface area (Å²) in [6.45, 7) is 20.4. The van der Waals surface area contributed by atoms with Crippen LogP contribution in [0.3, 0.4) is 0 Å². The number of amidine groups is 1. The predicted molar refractivity (Wildman–Crippen MR) is 284 cm³/mol. The van der Waals surface area contributed by atoms with Crippen molar-refractivity contribution in [2.45, 2.75) is 183 Å². The molecule has 0 radical (unpaired) electrons. The first-order valence-corrected chi connectivity index (χ1v) is 25.7. The van der Waals surface area contributed by atoms with E-state index in [0.29, 0.717) is 31.4 Å². The van der Waals surface area contributed by atoms with Crippen molar-refractivity contribution in [1.29, 1.82) is 5.41 Å². The summed E-state index contributed by atoms with van der Waals surface area (Å²) in [6.07, 6.45) is 2.54. The van der Waals surface area contributed by atoms with Gasteiger partial charge in [-0.1, -0.05) is 93.5 Å². The molecule has 412 valence electrons. The first kappa shape index (κ1) is 64.7. The zero-order valence-electron chi connectivity index (χ0n) is 45.2. The second kappa shape index (κ2) is 33.4. The molecule has 22 nitrogen and oxygen atoms in total. The van der Waals surface area contributed by atoms with E-state index in [1.54, 1.807) is 38.1 Å². The lowest BCUT2D eigenvalue weighted by molar-refractivity contribution is -0.136. The molecule has 0 fully saturated rings. The maximum absolute atomic E-state index is 14.3. The third-order valence-corrected chi connectivity index (χ3v) is 11.6. The number of amides is 8. The molecule has 7 atom stereocenters. The Bertz CT molecular complexity index is 1990. The van der Waals surface area contributed by atoms with Gasteiger partial charge in [-0.3, -0.25) is 48.8 Å². The predicted octanol–water partition coefficient (Wildman–Crippen LogP) is 1.02. The number of unbranched alkanes of at least 4 members (excludes halogenated alkanes) is 1. The summed E-state index contributed by atoms with van der Waals surface area (Å²) in [6, 6.07) is -0.834. The number of rotatable bonds is 34. The monoisotopic (exact) mass is 1030 g/mol. The molecule has 0 heterocycles. The molecule has 0 aliphatic heterocycles. The largest absolute Gasteiger partial charge is 0.384 e.